The van der Waals surface area contributed by atoms with Gasteiger partial charge in [-0.05, 0) is 23.7 Å². The predicted octanol–water partition coefficient (Wildman–Crippen LogP) is 3.05. The Morgan fingerprint density at radius 2 is 1.75 bits per heavy atom. The third kappa shape index (κ3) is 4.71. The molecule has 5 nitrogen and oxygen atoms in total. The molecule has 0 spiro atoms. The molecule has 20 heavy (non-hydrogen) atoms. The average Bonchev–Trinajstić information content (AvgIpc) is 2.32. The molecule has 4 N–H and O–H groups in total. The molecular formula is C10H8Cl2F3N5. The Bertz CT molecular complexity index is 570. The second-order valence-corrected chi connectivity index (χ2v) is 4.02. The molecule has 0 aliphatic carbocycles. The molecule has 108 valence electrons. The van der Waals surface area contributed by atoms with E-state index in [-0.39, 0.29) is 5.28 Å². The number of aromatic nitrogens is 3. The normalized spacial score (nSPS) is 10.7. The number of hydrogen-bond acceptors (Lipinski definition) is 5. The first-order chi connectivity index (χ1) is 9.21. The van der Waals surface area contributed by atoms with Crippen LogP contribution in [0.25, 0.3) is 0 Å². The van der Waals surface area contributed by atoms with Gasteiger partial charge in [0, 0.05) is 12.4 Å². The molecule has 0 atom stereocenters. The molecular weight excluding hydrogens is 318 g/mol. The van der Waals surface area contributed by atoms with E-state index in [1.165, 1.54) is 0 Å². The van der Waals surface area contributed by atoms with Gasteiger partial charge >= 0.3 is 6.18 Å². The summed E-state index contributed by atoms with van der Waals surface area (Å²) < 4.78 is 35.9. The van der Waals surface area contributed by atoms with Gasteiger partial charge in [-0.1, -0.05) is 11.6 Å². The predicted molar refractivity (Wildman–Crippen MR) is 70.1 cm³/mol. The minimum absolute atomic E-state index is 0.312. The molecule has 0 saturated carbocycles. The van der Waals surface area contributed by atoms with Crippen molar-refractivity contribution in [2.24, 2.45) is 0 Å². The maximum absolute atomic E-state index is 12.0. The number of pyridine rings is 1. The summed E-state index contributed by atoms with van der Waals surface area (Å²) in [5, 5.41) is -1.00. The van der Waals surface area contributed by atoms with Crippen LogP contribution in [0.15, 0.2) is 24.5 Å². The summed E-state index contributed by atoms with van der Waals surface area (Å²) in [6, 6.07) is 3.45. The van der Waals surface area contributed by atoms with Crippen LogP contribution < -0.4 is 11.5 Å². The number of rotatable bonds is 0. The molecule has 2 heterocycles. The van der Waals surface area contributed by atoms with Crippen LogP contribution >= 0.6 is 23.2 Å². The second-order valence-electron chi connectivity index (χ2n) is 3.32. The number of anilines is 2. The highest BCUT2D eigenvalue weighted by Gasteiger charge is 2.34. The van der Waals surface area contributed by atoms with Crippen molar-refractivity contribution in [3.05, 3.63) is 40.5 Å². The van der Waals surface area contributed by atoms with E-state index in [1.807, 2.05) is 0 Å². The van der Waals surface area contributed by atoms with E-state index in [4.69, 9.17) is 34.7 Å². The van der Waals surface area contributed by atoms with E-state index < -0.39 is 16.9 Å². The fourth-order valence-electron chi connectivity index (χ4n) is 0.961. The number of nitrogens with two attached hydrogens (primary N) is 2. The molecule has 2 rings (SSSR count). The molecule has 0 saturated heterocycles. The Kier molecular flexibility index (Phi) is 5.34. The van der Waals surface area contributed by atoms with E-state index in [0.717, 1.165) is 0 Å². The summed E-state index contributed by atoms with van der Waals surface area (Å²) in [5.41, 5.74) is 10.1. The first-order valence-electron chi connectivity index (χ1n) is 4.93. The highest BCUT2D eigenvalue weighted by Crippen LogP contribution is 2.33. The zero-order valence-corrected chi connectivity index (χ0v) is 11.2. The number of hydrogen-bond donors (Lipinski definition) is 2. The Morgan fingerprint density at radius 3 is 2.15 bits per heavy atom. The summed E-state index contributed by atoms with van der Waals surface area (Å²) in [5.74, 6) is 0.396. The quantitative estimate of drug-likeness (QED) is 0.573. The highest BCUT2D eigenvalue weighted by molar-refractivity contribution is 6.32. The first-order valence-corrected chi connectivity index (χ1v) is 5.68. The van der Waals surface area contributed by atoms with Gasteiger partial charge in [-0.15, -0.1) is 0 Å². The van der Waals surface area contributed by atoms with Crippen molar-refractivity contribution in [2.75, 3.05) is 11.5 Å². The number of nitrogen functional groups attached to an aromatic ring is 2. The zero-order chi connectivity index (χ0) is 15.3. The summed E-state index contributed by atoms with van der Waals surface area (Å²) in [6.45, 7) is 0. The van der Waals surface area contributed by atoms with E-state index in [1.54, 1.807) is 18.3 Å². The fraction of sp³-hybridized carbons (Fsp3) is 0.100. The molecule has 0 fully saturated rings. The number of halogens is 5. The number of nitrogens with zero attached hydrogens (tertiary/aromatic N) is 3. The van der Waals surface area contributed by atoms with Crippen molar-refractivity contribution in [2.45, 2.75) is 6.18 Å². The summed E-state index contributed by atoms with van der Waals surface area (Å²) in [4.78, 5) is 10.0. The Morgan fingerprint density at radius 1 is 1.10 bits per heavy atom. The largest absolute Gasteiger partial charge is 0.420 e. The maximum atomic E-state index is 12.0. The van der Waals surface area contributed by atoms with Crippen LogP contribution in [0.3, 0.4) is 0 Å². The van der Waals surface area contributed by atoms with Crippen LogP contribution in [0.4, 0.5) is 24.7 Å². The van der Waals surface area contributed by atoms with E-state index in [2.05, 4.69) is 15.0 Å². The van der Waals surface area contributed by atoms with Crippen molar-refractivity contribution < 1.29 is 13.2 Å². The molecule has 2 aromatic heterocycles. The molecule has 0 aromatic carbocycles. The van der Waals surface area contributed by atoms with Gasteiger partial charge in [0.05, 0.1) is 5.69 Å². The van der Waals surface area contributed by atoms with E-state index in [0.29, 0.717) is 17.7 Å². The van der Waals surface area contributed by atoms with Crippen molar-refractivity contribution in [3.8, 4) is 0 Å². The molecule has 0 aliphatic heterocycles. The lowest BCUT2D eigenvalue weighted by Gasteiger charge is -2.06. The van der Waals surface area contributed by atoms with Gasteiger partial charge in [0.15, 0.2) is 0 Å². The van der Waals surface area contributed by atoms with Crippen LogP contribution in [0, 0.1) is 0 Å². The van der Waals surface area contributed by atoms with Crippen LogP contribution in [-0.4, -0.2) is 15.0 Å². The van der Waals surface area contributed by atoms with Crippen LogP contribution in [0.5, 0.6) is 0 Å². The number of alkyl halides is 3. The summed E-state index contributed by atoms with van der Waals surface area (Å²) >= 11 is 10.4. The van der Waals surface area contributed by atoms with E-state index in [9.17, 15) is 13.2 Å². The van der Waals surface area contributed by atoms with Gasteiger partial charge in [-0.25, -0.2) is 15.0 Å². The fourth-order valence-corrected chi connectivity index (χ4v) is 1.37. The smallest absolute Gasteiger partial charge is 0.396 e. The van der Waals surface area contributed by atoms with Crippen molar-refractivity contribution >= 4 is 34.7 Å². The standard InChI is InChI=1S/C5HCl2F3N2.C5H7N3/c6-3-2(5(8,9)10)1-11-4(7)12-3;6-4-2-1-3-8-5(4)7/h1H;1-3H,6H2,(H2,7,8). The molecule has 2 aromatic rings. The van der Waals surface area contributed by atoms with Gasteiger partial charge in [-0.3, -0.25) is 0 Å². The molecule has 0 amide bonds. The average molecular weight is 326 g/mol. The Balaban J connectivity index is 0.000000217. The lowest BCUT2D eigenvalue weighted by molar-refractivity contribution is -0.138. The van der Waals surface area contributed by atoms with Gasteiger partial charge < -0.3 is 11.5 Å². The highest BCUT2D eigenvalue weighted by atomic mass is 35.5. The van der Waals surface area contributed by atoms with Gasteiger partial charge in [0.2, 0.25) is 5.28 Å². The summed E-state index contributed by atoms with van der Waals surface area (Å²) in [7, 11) is 0. The monoisotopic (exact) mass is 325 g/mol. The minimum Gasteiger partial charge on any atom is -0.396 e. The first kappa shape index (κ1) is 16.3. The topological polar surface area (TPSA) is 90.7 Å². The molecule has 0 aliphatic rings. The van der Waals surface area contributed by atoms with E-state index >= 15 is 0 Å². The molecule has 0 radical (unpaired) electrons. The molecule has 0 bridgehead atoms. The Hall–Kier alpha value is -1.80. The van der Waals surface area contributed by atoms with Crippen LogP contribution in [0.2, 0.25) is 10.4 Å². The summed E-state index contributed by atoms with van der Waals surface area (Å²) in [6.07, 6.45) is -2.40. The SMILES string of the molecule is FC(F)(F)c1cnc(Cl)nc1Cl.Nc1cccnc1N. The van der Waals surface area contributed by atoms with Crippen molar-refractivity contribution in [3.63, 3.8) is 0 Å². The van der Waals surface area contributed by atoms with Gasteiger partial charge in [0.25, 0.3) is 0 Å². The second kappa shape index (κ2) is 6.58. The Labute approximate surface area is 121 Å². The third-order valence-corrected chi connectivity index (χ3v) is 2.36. The lowest BCUT2D eigenvalue weighted by Crippen LogP contribution is -2.07. The van der Waals surface area contributed by atoms with Crippen LogP contribution in [-0.2, 0) is 6.18 Å². The van der Waals surface area contributed by atoms with Gasteiger partial charge in [0.1, 0.15) is 16.5 Å². The molecule has 10 heteroatoms. The van der Waals surface area contributed by atoms with Crippen molar-refractivity contribution in [1.82, 2.24) is 15.0 Å². The third-order valence-electron chi connectivity index (χ3n) is 1.89. The van der Waals surface area contributed by atoms with Crippen molar-refractivity contribution in [1.29, 1.82) is 0 Å². The zero-order valence-electron chi connectivity index (χ0n) is 9.70. The van der Waals surface area contributed by atoms with Crippen LogP contribution in [0.1, 0.15) is 5.56 Å². The van der Waals surface area contributed by atoms with Gasteiger partial charge in [-0.2, -0.15) is 13.2 Å². The maximum Gasteiger partial charge on any atom is 0.420 e. The lowest BCUT2D eigenvalue weighted by atomic mass is 10.3. The molecule has 0 unspecified atom stereocenters. The minimum atomic E-state index is -4.54.